The van der Waals surface area contributed by atoms with Crippen LogP contribution in [0.15, 0.2) is 63.2 Å². The molecule has 0 aliphatic rings. The molecule has 0 atom stereocenters. The molecule has 0 aliphatic carbocycles. The van der Waals surface area contributed by atoms with Crippen molar-refractivity contribution in [3.63, 3.8) is 0 Å². The molecule has 15 heavy (non-hydrogen) atoms. The Morgan fingerprint density at radius 3 is 2.27 bits per heavy atom. The third-order valence-corrected chi connectivity index (χ3v) is 3.67. The first-order chi connectivity index (χ1) is 7.25. The molecule has 1 radical (unpaired) electrons. The third-order valence-electron chi connectivity index (χ3n) is 2.10. The summed E-state index contributed by atoms with van der Waals surface area (Å²) in [6.07, 6.45) is 0. The lowest BCUT2D eigenvalue weighted by molar-refractivity contribution is 1.25. The molecule has 0 bridgehead atoms. The van der Waals surface area contributed by atoms with Gasteiger partial charge in [0.05, 0.1) is 4.90 Å². The fourth-order valence-electron chi connectivity index (χ4n) is 1.27. The van der Waals surface area contributed by atoms with Crippen molar-refractivity contribution in [2.75, 3.05) is 0 Å². The summed E-state index contributed by atoms with van der Waals surface area (Å²) in [6.45, 7) is 2.09. The van der Waals surface area contributed by atoms with Crippen LogP contribution in [0.25, 0.3) is 0 Å². The second kappa shape index (κ2) is 4.69. The molecular weight excluding hydrogens is 220 g/mol. The highest BCUT2D eigenvalue weighted by Crippen LogP contribution is 2.31. The lowest BCUT2D eigenvalue weighted by Gasteiger charge is -2.03. The van der Waals surface area contributed by atoms with Crippen LogP contribution >= 0.6 is 24.4 Å². The van der Waals surface area contributed by atoms with Crippen molar-refractivity contribution in [3.8, 4) is 0 Å². The van der Waals surface area contributed by atoms with Crippen molar-refractivity contribution < 1.29 is 0 Å². The normalized spacial score (nSPS) is 10.2. The van der Waals surface area contributed by atoms with Gasteiger partial charge in [-0.15, -0.1) is 0 Å². The van der Waals surface area contributed by atoms with Crippen LogP contribution in [0.1, 0.15) is 5.56 Å². The Hall–Kier alpha value is -0.990. The van der Waals surface area contributed by atoms with Gasteiger partial charge in [0.2, 0.25) is 0 Å². The zero-order valence-electron chi connectivity index (χ0n) is 8.44. The number of hydrogen-bond acceptors (Lipinski definition) is 1. The Balaban J connectivity index is 2.22. The fourth-order valence-corrected chi connectivity index (χ4v) is 2.38. The Morgan fingerprint density at radius 2 is 1.60 bits per heavy atom. The van der Waals surface area contributed by atoms with E-state index in [1.54, 1.807) is 11.8 Å². The second-order valence-electron chi connectivity index (χ2n) is 3.36. The molecule has 75 valence electrons. The molecule has 2 aromatic rings. The Labute approximate surface area is 100 Å². The minimum Gasteiger partial charge on any atom is -0.0886 e. The van der Waals surface area contributed by atoms with E-state index < -0.39 is 0 Å². The summed E-state index contributed by atoms with van der Waals surface area (Å²) in [6, 6.07) is 16.5. The average molecular weight is 231 g/mol. The maximum absolute atomic E-state index is 5.26. The fraction of sp³-hybridized carbons (Fsp3) is 0.0769. The van der Waals surface area contributed by atoms with E-state index in [-0.39, 0.29) is 0 Å². The Bertz CT molecular complexity index is 446. The quantitative estimate of drug-likeness (QED) is 0.721. The summed E-state index contributed by atoms with van der Waals surface area (Å²) in [4.78, 5) is 3.30. The van der Waals surface area contributed by atoms with Crippen molar-refractivity contribution in [2.24, 2.45) is 0 Å². The van der Waals surface area contributed by atoms with Crippen LogP contribution in [0.2, 0.25) is 0 Å². The van der Waals surface area contributed by atoms with Gasteiger partial charge < -0.3 is 0 Å². The van der Waals surface area contributed by atoms with Gasteiger partial charge in [0, 0.05) is 9.79 Å². The van der Waals surface area contributed by atoms with Gasteiger partial charge in [0.25, 0.3) is 0 Å². The van der Waals surface area contributed by atoms with Crippen molar-refractivity contribution in [3.05, 3.63) is 54.1 Å². The minimum absolute atomic E-state index is 0.920. The van der Waals surface area contributed by atoms with Gasteiger partial charge in [-0.1, -0.05) is 54.2 Å². The molecule has 0 N–H and O–H groups in total. The van der Waals surface area contributed by atoms with Crippen LogP contribution in [0.5, 0.6) is 0 Å². The maximum atomic E-state index is 5.26. The number of aryl methyl sites for hydroxylation is 1. The molecule has 0 unspecified atom stereocenters. The van der Waals surface area contributed by atoms with E-state index in [1.807, 2.05) is 18.2 Å². The van der Waals surface area contributed by atoms with Crippen LogP contribution in [0.4, 0.5) is 0 Å². The first kappa shape index (κ1) is 10.5. The molecule has 2 heteroatoms. The molecule has 0 fully saturated rings. The van der Waals surface area contributed by atoms with Gasteiger partial charge in [-0.25, -0.2) is 0 Å². The van der Waals surface area contributed by atoms with Gasteiger partial charge in [-0.3, -0.25) is 0 Å². The summed E-state index contributed by atoms with van der Waals surface area (Å²) < 4.78 is 0. The van der Waals surface area contributed by atoms with Crippen molar-refractivity contribution in [1.29, 1.82) is 0 Å². The summed E-state index contributed by atoms with van der Waals surface area (Å²) in [5.41, 5.74) is 1.28. The molecule has 0 saturated carbocycles. The van der Waals surface area contributed by atoms with Gasteiger partial charge in [0.15, 0.2) is 0 Å². The number of benzene rings is 2. The molecule has 0 amide bonds. The lowest BCUT2D eigenvalue weighted by atomic mass is 10.2. The van der Waals surface area contributed by atoms with E-state index in [1.165, 1.54) is 10.5 Å². The maximum Gasteiger partial charge on any atom is 0.0516 e. The predicted molar refractivity (Wildman–Crippen MR) is 67.6 cm³/mol. The zero-order chi connectivity index (χ0) is 10.7. The molecule has 0 saturated heterocycles. The topological polar surface area (TPSA) is 0 Å². The third kappa shape index (κ3) is 2.74. The highest BCUT2D eigenvalue weighted by atomic mass is 32.2. The molecular formula is C13H11S2. The standard InChI is InChI=1S/C13H11S2/c1-10-6-8-11(9-7-10)15-13-5-3-2-4-12(13)14/h2-9H,1H3. The lowest BCUT2D eigenvalue weighted by Crippen LogP contribution is -1.76. The Kier molecular flexibility index (Phi) is 3.29. The van der Waals surface area contributed by atoms with Crippen LogP contribution in [-0.2, 0) is 0 Å². The summed E-state index contributed by atoms with van der Waals surface area (Å²) in [7, 11) is 0. The summed E-state index contributed by atoms with van der Waals surface area (Å²) in [5, 5.41) is 0. The molecule has 0 aromatic heterocycles. The van der Waals surface area contributed by atoms with Crippen LogP contribution in [0.3, 0.4) is 0 Å². The summed E-state index contributed by atoms with van der Waals surface area (Å²) in [5.74, 6) is 0. The Morgan fingerprint density at radius 1 is 0.933 bits per heavy atom. The van der Waals surface area contributed by atoms with E-state index >= 15 is 0 Å². The first-order valence-electron chi connectivity index (χ1n) is 4.76. The predicted octanol–water partition coefficient (Wildman–Crippen LogP) is 4.70. The zero-order valence-corrected chi connectivity index (χ0v) is 10.1. The largest absolute Gasteiger partial charge is 0.0886 e. The first-order valence-corrected chi connectivity index (χ1v) is 5.99. The SMILES string of the molecule is Cc1ccc(Sc2ccccc2[S])cc1. The van der Waals surface area contributed by atoms with Crippen molar-refractivity contribution in [1.82, 2.24) is 0 Å². The van der Waals surface area contributed by atoms with E-state index in [0.29, 0.717) is 0 Å². The van der Waals surface area contributed by atoms with Gasteiger partial charge in [-0.2, -0.15) is 0 Å². The van der Waals surface area contributed by atoms with E-state index in [0.717, 1.165) is 9.79 Å². The molecule has 0 aliphatic heterocycles. The average Bonchev–Trinajstić information content (AvgIpc) is 2.25. The van der Waals surface area contributed by atoms with Gasteiger partial charge >= 0.3 is 0 Å². The smallest absolute Gasteiger partial charge is 0.0516 e. The van der Waals surface area contributed by atoms with E-state index in [9.17, 15) is 0 Å². The van der Waals surface area contributed by atoms with Gasteiger partial charge in [-0.05, 0) is 31.2 Å². The molecule has 0 heterocycles. The second-order valence-corrected chi connectivity index (χ2v) is 4.92. The number of rotatable bonds is 2. The molecule has 2 rings (SSSR count). The number of hydrogen-bond donors (Lipinski definition) is 0. The molecule has 0 nitrogen and oxygen atoms in total. The monoisotopic (exact) mass is 231 g/mol. The van der Waals surface area contributed by atoms with Crippen LogP contribution in [-0.4, -0.2) is 0 Å². The van der Waals surface area contributed by atoms with Crippen molar-refractivity contribution in [2.45, 2.75) is 21.6 Å². The molecule has 0 spiro atoms. The molecule has 2 aromatic carbocycles. The van der Waals surface area contributed by atoms with Gasteiger partial charge in [0.1, 0.15) is 0 Å². The minimum atomic E-state index is 0.920. The van der Waals surface area contributed by atoms with E-state index in [4.69, 9.17) is 12.6 Å². The van der Waals surface area contributed by atoms with Crippen LogP contribution in [0, 0.1) is 6.92 Å². The highest BCUT2D eigenvalue weighted by Gasteiger charge is 2.00. The van der Waals surface area contributed by atoms with Crippen molar-refractivity contribution >= 4 is 24.4 Å². The van der Waals surface area contributed by atoms with E-state index in [2.05, 4.69) is 37.3 Å². The highest BCUT2D eigenvalue weighted by molar-refractivity contribution is 7.99. The summed E-state index contributed by atoms with van der Waals surface area (Å²) >= 11 is 6.97. The van der Waals surface area contributed by atoms with Crippen LogP contribution < -0.4 is 0 Å².